The fraction of sp³-hybridized carbons (Fsp3) is 0.0690. The molecule has 1 aromatic heterocycles. The molecule has 0 aliphatic carbocycles. The Morgan fingerprint density at radius 2 is 1.39 bits per heavy atom. The van der Waals surface area contributed by atoms with Crippen molar-refractivity contribution in [2.24, 2.45) is 0 Å². The maximum absolute atomic E-state index is 5.12. The Kier molecular flexibility index (Phi) is 4.10. The van der Waals surface area contributed by atoms with Gasteiger partial charge in [-0.25, -0.2) is 4.98 Å². The molecule has 1 heterocycles. The third-order valence-corrected chi connectivity index (χ3v) is 6.13. The number of fused-ring (bicyclic) bond motifs is 5. The quantitative estimate of drug-likeness (QED) is 0.281. The molecule has 0 bridgehead atoms. The predicted molar refractivity (Wildman–Crippen MR) is 131 cm³/mol. The summed E-state index contributed by atoms with van der Waals surface area (Å²) in [4.78, 5) is 5.12. The molecule has 0 unspecified atom stereocenters. The summed E-state index contributed by atoms with van der Waals surface area (Å²) < 4.78 is 2.32. The zero-order valence-corrected chi connectivity index (χ0v) is 17.4. The molecule has 2 heteroatoms. The highest BCUT2D eigenvalue weighted by Gasteiger charge is 2.18. The molecule has 0 aliphatic heterocycles. The third kappa shape index (κ3) is 2.83. The molecule has 0 saturated heterocycles. The van der Waals surface area contributed by atoms with E-state index in [0.717, 1.165) is 29.0 Å². The first-order valence-corrected chi connectivity index (χ1v) is 10.8. The SMILES string of the molecule is CCc1ccc2ccc3ccc4nc(-c5ccccc5)n(-c5ccccc5)c4c3c2c1. The van der Waals surface area contributed by atoms with Crippen molar-refractivity contribution < 1.29 is 0 Å². The Morgan fingerprint density at radius 3 is 2.16 bits per heavy atom. The average molecular weight is 399 g/mol. The van der Waals surface area contributed by atoms with Gasteiger partial charge in [0, 0.05) is 16.6 Å². The maximum atomic E-state index is 5.12. The Bertz CT molecular complexity index is 1540. The molecule has 2 nitrogen and oxygen atoms in total. The first-order valence-electron chi connectivity index (χ1n) is 10.8. The van der Waals surface area contributed by atoms with Gasteiger partial charge >= 0.3 is 0 Å². The number of para-hydroxylation sites is 1. The summed E-state index contributed by atoms with van der Waals surface area (Å²) >= 11 is 0. The van der Waals surface area contributed by atoms with Crippen LogP contribution in [0.15, 0.2) is 103 Å². The van der Waals surface area contributed by atoms with Crippen molar-refractivity contribution in [3.63, 3.8) is 0 Å². The molecular formula is C29H22N2. The molecule has 0 N–H and O–H groups in total. The van der Waals surface area contributed by atoms with Gasteiger partial charge in [0.1, 0.15) is 5.82 Å². The molecule has 0 fully saturated rings. The molecule has 5 aromatic carbocycles. The van der Waals surface area contributed by atoms with Crippen LogP contribution in [0.4, 0.5) is 0 Å². The van der Waals surface area contributed by atoms with Crippen molar-refractivity contribution >= 4 is 32.6 Å². The molecule has 0 saturated carbocycles. The van der Waals surface area contributed by atoms with Gasteiger partial charge in [0.2, 0.25) is 0 Å². The Balaban J connectivity index is 1.84. The summed E-state index contributed by atoms with van der Waals surface area (Å²) in [5.41, 5.74) is 5.78. The number of aromatic nitrogens is 2. The van der Waals surface area contributed by atoms with E-state index in [0.29, 0.717) is 0 Å². The minimum absolute atomic E-state index is 0.970. The Morgan fingerprint density at radius 1 is 0.710 bits per heavy atom. The Hall–Kier alpha value is -3.91. The van der Waals surface area contributed by atoms with Crippen LogP contribution in [0.1, 0.15) is 12.5 Å². The molecular weight excluding hydrogens is 376 g/mol. The number of benzene rings is 5. The fourth-order valence-corrected chi connectivity index (χ4v) is 4.58. The lowest BCUT2D eigenvalue weighted by Gasteiger charge is -2.13. The molecule has 6 rings (SSSR count). The van der Waals surface area contributed by atoms with Gasteiger partial charge in [-0.2, -0.15) is 0 Å². The predicted octanol–water partition coefficient (Wildman–Crippen LogP) is 7.56. The van der Waals surface area contributed by atoms with Crippen molar-refractivity contribution in [3.8, 4) is 17.1 Å². The first-order chi connectivity index (χ1) is 15.3. The minimum atomic E-state index is 0.970. The van der Waals surface area contributed by atoms with Crippen LogP contribution < -0.4 is 0 Å². The van der Waals surface area contributed by atoms with E-state index in [1.165, 1.54) is 32.6 Å². The van der Waals surface area contributed by atoms with Crippen LogP contribution in [0.2, 0.25) is 0 Å². The molecule has 0 amide bonds. The van der Waals surface area contributed by atoms with Crippen LogP contribution in [0.5, 0.6) is 0 Å². The highest BCUT2D eigenvalue weighted by atomic mass is 15.1. The minimum Gasteiger partial charge on any atom is -0.292 e. The van der Waals surface area contributed by atoms with E-state index in [-0.39, 0.29) is 0 Å². The first kappa shape index (κ1) is 17.9. The van der Waals surface area contributed by atoms with Gasteiger partial charge < -0.3 is 0 Å². The lowest BCUT2D eigenvalue weighted by atomic mass is 9.98. The van der Waals surface area contributed by atoms with Crippen LogP contribution in [0.3, 0.4) is 0 Å². The van der Waals surface area contributed by atoms with Crippen molar-refractivity contribution in [3.05, 3.63) is 109 Å². The summed E-state index contributed by atoms with van der Waals surface area (Å²) in [6.45, 7) is 2.21. The zero-order valence-electron chi connectivity index (χ0n) is 17.4. The molecule has 0 aliphatic rings. The molecule has 0 radical (unpaired) electrons. The second kappa shape index (κ2) is 7.10. The second-order valence-corrected chi connectivity index (χ2v) is 7.98. The number of hydrogen-bond acceptors (Lipinski definition) is 1. The van der Waals surface area contributed by atoms with E-state index >= 15 is 0 Å². The Labute approximate surface area is 181 Å². The summed E-state index contributed by atoms with van der Waals surface area (Å²) in [6, 6.07) is 36.7. The fourth-order valence-electron chi connectivity index (χ4n) is 4.58. The van der Waals surface area contributed by atoms with Crippen molar-refractivity contribution in [1.29, 1.82) is 0 Å². The number of imidazole rings is 1. The van der Waals surface area contributed by atoms with Crippen LogP contribution in [-0.2, 0) is 6.42 Å². The lowest BCUT2D eigenvalue weighted by Crippen LogP contribution is -1.98. The van der Waals surface area contributed by atoms with Crippen molar-refractivity contribution in [1.82, 2.24) is 9.55 Å². The van der Waals surface area contributed by atoms with Crippen LogP contribution in [0.25, 0.3) is 49.7 Å². The number of nitrogens with zero attached hydrogens (tertiary/aromatic N) is 2. The average Bonchev–Trinajstić information content (AvgIpc) is 3.24. The summed E-state index contributed by atoms with van der Waals surface area (Å²) in [5, 5.41) is 5.06. The van der Waals surface area contributed by atoms with Gasteiger partial charge in [-0.15, -0.1) is 0 Å². The van der Waals surface area contributed by atoms with Crippen molar-refractivity contribution in [2.75, 3.05) is 0 Å². The summed E-state index contributed by atoms with van der Waals surface area (Å²) in [5.74, 6) is 0.970. The normalized spacial score (nSPS) is 11.5. The highest BCUT2D eigenvalue weighted by molar-refractivity contribution is 6.19. The molecule has 6 aromatic rings. The van der Waals surface area contributed by atoms with Crippen LogP contribution in [0, 0.1) is 0 Å². The van der Waals surface area contributed by atoms with Gasteiger partial charge in [-0.3, -0.25) is 4.57 Å². The van der Waals surface area contributed by atoms with E-state index < -0.39 is 0 Å². The number of aryl methyl sites for hydroxylation is 1. The molecule has 0 spiro atoms. The second-order valence-electron chi connectivity index (χ2n) is 7.98. The zero-order chi connectivity index (χ0) is 20.8. The monoisotopic (exact) mass is 398 g/mol. The highest BCUT2D eigenvalue weighted by Crippen LogP contribution is 2.37. The van der Waals surface area contributed by atoms with Gasteiger partial charge in [0.15, 0.2) is 0 Å². The van der Waals surface area contributed by atoms with Crippen LogP contribution >= 0.6 is 0 Å². The van der Waals surface area contributed by atoms with E-state index in [2.05, 4.69) is 109 Å². The van der Waals surface area contributed by atoms with Gasteiger partial charge in [-0.05, 0) is 46.3 Å². The van der Waals surface area contributed by atoms with Gasteiger partial charge in [0.05, 0.1) is 11.0 Å². The van der Waals surface area contributed by atoms with E-state index in [1.807, 2.05) is 6.07 Å². The maximum Gasteiger partial charge on any atom is 0.145 e. The molecule has 148 valence electrons. The number of rotatable bonds is 3. The van der Waals surface area contributed by atoms with Gasteiger partial charge in [-0.1, -0.05) is 91.9 Å². The third-order valence-electron chi connectivity index (χ3n) is 6.13. The standard InChI is InChI=1S/C29H22N2/c1-2-20-13-14-21-15-16-22-17-18-26-28(27(22)25(21)19-20)31(24-11-7-4-8-12-24)29(30-26)23-9-5-3-6-10-23/h3-19H,2H2,1H3. The summed E-state index contributed by atoms with van der Waals surface area (Å²) in [6.07, 6.45) is 1.02. The van der Waals surface area contributed by atoms with Crippen LogP contribution in [-0.4, -0.2) is 9.55 Å². The van der Waals surface area contributed by atoms with Crippen molar-refractivity contribution in [2.45, 2.75) is 13.3 Å². The smallest absolute Gasteiger partial charge is 0.145 e. The summed E-state index contributed by atoms with van der Waals surface area (Å²) in [7, 11) is 0. The number of hydrogen-bond donors (Lipinski definition) is 0. The van der Waals surface area contributed by atoms with Gasteiger partial charge in [0.25, 0.3) is 0 Å². The molecule has 0 atom stereocenters. The van der Waals surface area contributed by atoms with E-state index in [1.54, 1.807) is 0 Å². The lowest BCUT2D eigenvalue weighted by molar-refractivity contribution is 1.11. The van der Waals surface area contributed by atoms with E-state index in [4.69, 9.17) is 4.98 Å². The van der Waals surface area contributed by atoms with E-state index in [9.17, 15) is 0 Å². The topological polar surface area (TPSA) is 17.8 Å². The molecule has 31 heavy (non-hydrogen) atoms. The largest absolute Gasteiger partial charge is 0.292 e.